The molecule has 6 heteroatoms. The number of esters is 1. The molecule has 0 bridgehead atoms. The van der Waals surface area contributed by atoms with Gasteiger partial charge in [0.05, 0.1) is 6.61 Å². The molecule has 0 fully saturated rings. The minimum atomic E-state index is -0.781. The predicted molar refractivity (Wildman–Crippen MR) is 118 cm³/mol. The predicted octanol–water partition coefficient (Wildman–Crippen LogP) is 5.38. The highest BCUT2D eigenvalue weighted by atomic mass is 32.2. The number of carbonyl (C=O) groups excluding carboxylic acids is 2. The molecule has 1 heterocycles. The Labute approximate surface area is 182 Å². The van der Waals surface area contributed by atoms with E-state index >= 15 is 0 Å². The Bertz CT molecular complexity index is 892. The van der Waals surface area contributed by atoms with Gasteiger partial charge in [-0.2, -0.15) is 0 Å². The van der Waals surface area contributed by atoms with Crippen LogP contribution in [0, 0.1) is 0 Å². The number of hydrogen-bond donors (Lipinski definition) is 0. The molecule has 0 saturated heterocycles. The molecule has 1 atom stereocenters. The van der Waals surface area contributed by atoms with Crippen LogP contribution in [0.25, 0.3) is 0 Å². The van der Waals surface area contributed by atoms with Crippen molar-refractivity contribution in [1.82, 2.24) is 4.90 Å². The lowest BCUT2D eigenvalue weighted by molar-refractivity contribution is -0.150. The summed E-state index contributed by atoms with van der Waals surface area (Å²) >= 11 is 1.76. The fraction of sp³-hybridized carbons (Fsp3) is 0.417. The van der Waals surface area contributed by atoms with Gasteiger partial charge in [0, 0.05) is 17.2 Å². The van der Waals surface area contributed by atoms with Crippen molar-refractivity contribution in [3.8, 4) is 0 Å². The van der Waals surface area contributed by atoms with E-state index < -0.39 is 23.7 Å². The highest BCUT2D eigenvalue weighted by Gasteiger charge is 2.39. The van der Waals surface area contributed by atoms with E-state index in [9.17, 15) is 9.59 Å². The number of hydrogen-bond acceptors (Lipinski definition) is 5. The summed E-state index contributed by atoms with van der Waals surface area (Å²) in [5.74, 6) is 0.458. The first kappa shape index (κ1) is 22.2. The Kier molecular flexibility index (Phi) is 7.08. The monoisotopic (exact) mass is 427 g/mol. The van der Waals surface area contributed by atoms with Crippen LogP contribution in [0.15, 0.2) is 53.4 Å². The normalized spacial score (nSPS) is 16.0. The molecule has 0 aliphatic carbocycles. The number of ether oxygens (including phenoxy) is 2. The Balaban J connectivity index is 1.83. The third-order valence-electron chi connectivity index (χ3n) is 4.73. The minimum absolute atomic E-state index is 0.262. The minimum Gasteiger partial charge on any atom is -0.464 e. The topological polar surface area (TPSA) is 55.8 Å². The second-order valence-electron chi connectivity index (χ2n) is 8.21. The van der Waals surface area contributed by atoms with Crippen LogP contribution in [-0.2, 0) is 26.4 Å². The van der Waals surface area contributed by atoms with Gasteiger partial charge in [-0.3, -0.25) is 4.90 Å². The van der Waals surface area contributed by atoms with Crippen LogP contribution < -0.4 is 0 Å². The maximum absolute atomic E-state index is 12.8. The first-order chi connectivity index (χ1) is 14.3. The molecule has 2 aromatic rings. The molecule has 3 rings (SSSR count). The zero-order valence-corrected chi connectivity index (χ0v) is 18.8. The molecular weight excluding hydrogens is 398 g/mol. The smallest absolute Gasteiger partial charge is 0.411 e. The Morgan fingerprint density at radius 2 is 1.87 bits per heavy atom. The van der Waals surface area contributed by atoms with Crippen molar-refractivity contribution in [2.75, 3.05) is 13.2 Å². The standard InChI is InChI=1S/C24H29NO4S/c1-5-28-22(26)21-20-12-11-19(30-16-17-9-7-6-8-10-17)15-18(20)13-14-25(21)23(27)29-24(2,3)4/h6-12,15,21H,5,13-14,16H2,1-4H3. The molecule has 1 unspecified atom stereocenters. The van der Waals surface area contributed by atoms with E-state index in [1.165, 1.54) is 10.5 Å². The van der Waals surface area contributed by atoms with Gasteiger partial charge >= 0.3 is 12.1 Å². The highest BCUT2D eigenvalue weighted by Crippen LogP contribution is 2.35. The molecule has 1 aliphatic rings. The summed E-state index contributed by atoms with van der Waals surface area (Å²) in [5.41, 5.74) is 2.52. The fourth-order valence-corrected chi connectivity index (χ4v) is 4.34. The van der Waals surface area contributed by atoms with Crippen LogP contribution in [0.2, 0.25) is 0 Å². The Morgan fingerprint density at radius 3 is 2.53 bits per heavy atom. The molecule has 0 spiro atoms. The van der Waals surface area contributed by atoms with E-state index in [4.69, 9.17) is 9.47 Å². The number of nitrogens with zero attached hydrogens (tertiary/aromatic N) is 1. The quantitative estimate of drug-likeness (QED) is 0.474. The first-order valence-corrected chi connectivity index (χ1v) is 11.2. The van der Waals surface area contributed by atoms with Crippen molar-refractivity contribution in [3.05, 3.63) is 65.2 Å². The molecule has 1 amide bonds. The van der Waals surface area contributed by atoms with Crippen molar-refractivity contribution in [1.29, 1.82) is 0 Å². The second kappa shape index (κ2) is 9.56. The number of rotatable bonds is 5. The zero-order valence-electron chi connectivity index (χ0n) is 18.0. The molecule has 30 heavy (non-hydrogen) atoms. The van der Waals surface area contributed by atoms with Gasteiger partial charge in [-0.05, 0) is 62.9 Å². The maximum Gasteiger partial charge on any atom is 0.411 e. The van der Waals surface area contributed by atoms with E-state index in [-0.39, 0.29) is 6.61 Å². The molecule has 0 N–H and O–H groups in total. The lowest BCUT2D eigenvalue weighted by atomic mass is 9.93. The SMILES string of the molecule is CCOC(=O)C1c2ccc(SCc3ccccc3)cc2CCN1C(=O)OC(C)(C)C. The van der Waals surface area contributed by atoms with E-state index in [0.717, 1.165) is 21.8 Å². The summed E-state index contributed by atoms with van der Waals surface area (Å²) in [5, 5.41) is 0. The first-order valence-electron chi connectivity index (χ1n) is 10.2. The van der Waals surface area contributed by atoms with Crippen molar-refractivity contribution in [2.24, 2.45) is 0 Å². The Hall–Kier alpha value is -2.47. The molecule has 2 aromatic carbocycles. The summed E-state index contributed by atoms with van der Waals surface area (Å²) in [6, 6.07) is 15.6. The van der Waals surface area contributed by atoms with Crippen LogP contribution in [0.3, 0.4) is 0 Å². The van der Waals surface area contributed by atoms with E-state index in [1.807, 2.05) is 51.1 Å². The Morgan fingerprint density at radius 1 is 1.13 bits per heavy atom. The zero-order chi connectivity index (χ0) is 21.7. The summed E-state index contributed by atoms with van der Waals surface area (Å²) in [6.45, 7) is 7.90. The number of fused-ring (bicyclic) bond motifs is 1. The van der Waals surface area contributed by atoms with Crippen LogP contribution >= 0.6 is 11.8 Å². The maximum atomic E-state index is 12.8. The van der Waals surface area contributed by atoms with Crippen LogP contribution in [-0.4, -0.2) is 35.7 Å². The molecule has 160 valence electrons. The largest absolute Gasteiger partial charge is 0.464 e. The van der Waals surface area contributed by atoms with E-state index in [2.05, 4.69) is 18.2 Å². The van der Waals surface area contributed by atoms with Crippen molar-refractivity contribution < 1.29 is 19.1 Å². The number of thioether (sulfide) groups is 1. The number of amides is 1. The van der Waals surface area contributed by atoms with Gasteiger partial charge in [0.15, 0.2) is 6.04 Å². The van der Waals surface area contributed by atoms with E-state index in [0.29, 0.717) is 13.0 Å². The van der Waals surface area contributed by atoms with Crippen LogP contribution in [0.1, 0.15) is 50.4 Å². The number of carbonyl (C=O) groups is 2. The van der Waals surface area contributed by atoms with Gasteiger partial charge in [-0.25, -0.2) is 9.59 Å². The van der Waals surface area contributed by atoms with Crippen LogP contribution in [0.5, 0.6) is 0 Å². The summed E-state index contributed by atoms with van der Waals surface area (Å²) in [4.78, 5) is 28.2. The third kappa shape index (κ3) is 5.57. The molecule has 1 aliphatic heterocycles. The lowest BCUT2D eigenvalue weighted by Gasteiger charge is -2.36. The summed E-state index contributed by atoms with van der Waals surface area (Å²) < 4.78 is 10.8. The molecule has 0 saturated carbocycles. The second-order valence-corrected chi connectivity index (χ2v) is 9.26. The summed E-state index contributed by atoms with van der Waals surface area (Å²) in [7, 11) is 0. The molecule has 5 nitrogen and oxygen atoms in total. The molecule has 0 radical (unpaired) electrons. The van der Waals surface area contributed by atoms with Gasteiger partial charge in [0.25, 0.3) is 0 Å². The van der Waals surface area contributed by atoms with Gasteiger partial charge in [-0.15, -0.1) is 11.8 Å². The average molecular weight is 428 g/mol. The van der Waals surface area contributed by atoms with Crippen molar-refractivity contribution in [2.45, 2.75) is 56.4 Å². The van der Waals surface area contributed by atoms with E-state index in [1.54, 1.807) is 18.7 Å². The molecule has 0 aromatic heterocycles. The van der Waals surface area contributed by atoms with Gasteiger partial charge < -0.3 is 9.47 Å². The van der Waals surface area contributed by atoms with Crippen molar-refractivity contribution >= 4 is 23.8 Å². The fourth-order valence-electron chi connectivity index (χ4n) is 3.43. The van der Waals surface area contributed by atoms with Gasteiger partial charge in [-0.1, -0.05) is 36.4 Å². The third-order valence-corrected chi connectivity index (χ3v) is 5.79. The van der Waals surface area contributed by atoms with Gasteiger partial charge in [0.2, 0.25) is 0 Å². The lowest BCUT2D eigenvalue weighted by Crippen LogP contribution is -2.46. The van der Waals surface area contributed by atoms with Crippen LogP contribution in [0.4, 0.5) is 4.79 Å². The summed E-state index contributed by atoms with van der Waals surface area (Å²) in [6.07, 6.45) is 0.179. The number of benzene rings is 2. The molecular formula is C24H29NO4S. The van der Waals surface area contributed by atoms with Crippen molar-refractivity contribution in [3.63, 3.8) is 0 Å². The van der Waals surface area contributed by atoms with Gasteiger partial charge in [0.1, 0.15) is 5.60 Å². The average Bonchev–Trinajstić information content (AvgIpc) is 2.70. The highest BCUT2D eigenvalue weighted by molar-refractivity contribution is 7.98.